The Morgan fingerprint density at radius 1 is 1.00 bits per heavy atom. The second-order valence-corrected chi connectivity index (χ2v) is 8.35. The third-order valence-corrected chi connectivity index (χ3v) is 6.09. The lowest BCUT2D eigenvalue weighted by atomic mass is 10.1. The van der Waals surface area contributed by atoms with Gasteiger partial charge in [-0.15, -0.1) is 0 Å². The van der Waals surface area contributed by atoms with E-state index in [2.05, 4.69) is 5.32 Å². The molecule has 11 heteroatoms. The van der Waals surface area contributed by atoms with Gasteiger partial charge in [-0.05, 0) is 38.1 Å². The molecule has 33 heavy (non-hydrogen) atoms. The van der Waals surface area contributed by atoms with E-state index in [9.17, 15) is 24.0 Å². The smallest absolute Gasteiger partial charge is 0.329 e. The molecule has 2 aromatic carbocycles. The lowest BCUT2D eigenvalue weighted by Gasteiger charge is -2.31. The van der Waals surface area contributed by atoms with Gasteiger partial charge in [0.15, 0.2) is 6.10 Å². The molecule has 0 bridgehead atoms. The third-order valence-electron chi connectivity index (χ3n) is 5.36. The molecule has 4 amide bonds. The van der Waals surface area contributed by atoms with Crippen LogP contribution in [0.4, 0.5) is 11.4 Å². The zero-order valence-corrected chi connectivity index (χ0v) is 18.9. The van der Waals surface area contributed by atoms with Crippen LogP contribution in [0.1, 0.15) is 34.6 Å². The zero-order chi connectivity index (χ0) is 24.0. The number of hydrogen-bond acceptors (Lipinski definition) is 6. The monoisotopic (exact) mass is 489 g/mol. The number of nitrogens with zero attached hydrogens (tertiary/aromatic N) is 2. The number of hydrogen-bond donors (Lipinski definition) is 1. The summed E-state index contributed by atoms with van der Waals surface area (Å²) < 4.78 is 5.27. The van der Waals surface area contributed by atoms with Crippen LogP contribution in [-0.2, 0) is 19.1 Å². The van der Waals surface area contributed by atoms with Crippen LogP contribution < -0.4 is 10.2 Å². The molecular weight excluding hydrogens is 473 g/mol. The average Bonchev–Trinajstić information content (AvgIpc) is 3.01. The Hall–Kier alpha value is -3.43. The summed E-state index contributed by atoms with van der Waals surface area (Å²) in [4.78, 5) is 65.1. The summed E-state index contributed by atoms with van der Waals surface area (Å²) in [6.07, 6.45) is -1.28. The van der Waals surface area contributed by atoms with Gasteiger partial charge < -0.3 is 10.1 Å². The van der Waals surface area contributed by atoms with Crippen molar-refractivity contribution in [2.75, 3.05) is 16.8 Å². The molecule has 4 rings (SSSR count). The number of nitrogens with one attached hydrogen (secondary N) is 1. The van der Waals surface area contributed by atoms with Crippen molar-refractivity contribution in [3.8, 4) is 0 Å². The maximum absolute atomic E-state index is 13.0. The number of para-hydroxylation sites is 2. The molecule has 1 N–H and O–H groups in total. The van der Waals surface area contributed by atoms with Crippen molar-refractivity contribution < 1.29 is 28.7 Å². The number of esters is 1. The van der Waals surface area contributed by atoms with Crippen molar-refractivity contribution in [3.63, 3.8) is 0 Å². The largest absolute Gasteiger partial charge is 0.451 e. The Kier molecular flexibility index (Phi) is 5.85. The van der Waals surface area contributed by atoms with Crippen molar-refractivity contribution in [3.05, 3.63) is 57.6 Å². The van der Waals surface area contributed by atoms with Crippen LogP contribution >= 0.6 is 23.2 Å². The quantitative estimate of drug-likeness (QED) is 0.521. The number of benzene rings is 2. The van der Waals surface area contributed by atoms with Gasteiger partial charge in [-0.3, -0.25) is 29.0 Å². The molecule has 2 aliphatic heterocycles. The number of anilines is 2. The van der Waals surface area contributed by atoms with E-state index in [0.717, 1.165) is 4.90 Å². The fraction of sp³-hybridized carbons (Fsp3) is 0.227. The van der Waals surface area contributed by atoms with Crippen molar-refractivity contribution >= 4 is 64.2 Å². The second kappa shape index (κ2) is 8.49. The van der Waals surface area contributed by atoms with Crippen LogP contribution in [0.25, 0.3) is 0 Å². The zero-order valence-electron chi connectivity index (χ0n) is 17.4. The Morgan fingerprint density at radius 3 is 2.18 bits per heavy atom. The molecular formula is C22H17Cl2N3O6. The highest BCUT2D eigenvalue weighted by Crippen LogP contribution is 2.33. The number of imide groups is 1. The van der Waals surface area contributed by atoms with Gasteiger partial charge in [0.2, 0.25) is 5.91 Å². The first-order valence-corrected chi connectivity index (χ1v) is 10.6. The fourth-order valence-electron chi connectivity index (χ4n) is 3.68. The van der Waals surface area contributed by atoms with E-state index in [1.165, 1.54) is 30.9 Å². The second-order valence-electron chi connectivity index (χ2n) is 7.54. The first kappa shape index (κ1) is 22.8. The number of rotatable bonds is 4. The van der Waals surface area contributed by atoms with Crippen LogP contribution in [-0.4, -0.2) is 53.2 Å². The number of halogens is 2. The van der Waals surface area contributed by atoms with Crippen molar-refractivity contribution in [1.29, 1.82) is 0 Å². The van der Waals surface area contributed by atoms with Crippen LogP contribution in [0.15, 0.2) is 36.4 Å². The molecule has 2 aliphatic rings. The van der Waals surface area contributed by atoms with E-state index in [1.807, 2.05) is 0 Å². The minimum Gasteiger partial charge on any atom is -0.451 e. The topological polar surface area (TPSA) is 113 Å². The predicted octanol–water partition coefficient (Wildman–Crippen LogP) is 2.89. The molecule has 0 saturated carbocycles. The minimum atomic E-state index is -1.32. The van der Waals surface area contributed by atoms with Crippen LogP contribution in [0, 0.1) is 0 Å². The lowest BCUT2D eigenvalue weighted by Crippen LogP contribution is -2.49. The van der Waals surface area contributed by atoms with E-state index < -0.39 is 41.7 Å². The summed E-state index contributed by atoms with van der Waals surface area (Å²) in [5, 5.41) is 2.86. The Balaban J connectivity index is 1.49. The SMILES string of the molecule is C[C@@H](OC(=O)[C@H](C)N1C(=O)c2cc(Cl)c(Cl)cc2C1=O)C(=O)N1CC(=O)Nc2ccccc21. The number of fused-ring (bicyclic) bond motifs is 2. The Morgan fingerprint density at radius 2 is 1.58 bits per heavy atom. The highest BCUT2D eigenvalue weighted by Gasteiger charge is 2.43. The summed E-state index contributed by atoms with van der Waals surface area (Å²) in [7, 11) is 0. The molecule has 2 atom stereocenters. The molecule has 2 heterocycles. The maximum atomic E-state index is 13.0. The normalized spacial score (nSPS) is 16.7. The van der Waals surface area contributed by atoms with Crippen molar-refractivity contribution in [2.45, 2.75) is 26.0 Å². The first-order chi connectivity index (χ1) is 15.6. The molecule has 0 spiro atoms. The fourth-order valence-corrected chi connectivity index (χ4v) is 4.01. The van der Waals surface area contributed by atoms with Crippen LogP contribution in [0.3, 0.4) is 0 Å². The summed E-state index contributed by atoms with van der Waals surface area (Å²) in [6.45, 7) is 2.42. The maximum Gasteiger partial charge on any atom is 0.329 e. The van der Waals surface area contributed by atoms with Gasteiger partial charge in [0, 0.05) is 0 Å². The highest BCUT2D eigenvalue weighted by atomic mass is 35.5. The van der Waals surface area contributed by atoms with E-state index >= 15 is 0 Å². The lowest BCUT2D eigenvalue weighted by molar-refractivity contribution is -0.157. The van der Waals surface area contributed by atoms with Gasteiger partial charge in [0.1, 0.15) is 12.6 Å². The minimum absolute atomic E-state index is 0.0223. The van der Waals surface area contributed by atoms with Gasteiger partial charge in [-0.25, -0.2) is 4.79 Å². The molecule has 0 fully saturated rings. The average molecular weight is 490 g/mol. The van der Waals surface area contributed by atoms with E-state index in [1.54, 1.807) is 24.3 Å². The molecule has 2 aromatic rings. The summed E-state index contributed by atoms with van der Waals surface area (Å²) in [5.41, 5.74) is 0.965. The number of carbonyl (C=O) groups excluding carboxylic acids is 5. The third kappa shape index (κ3) is 3.94. The number of carbonyl (C=O) groups is 5. The van der Waals surface area contributed by atoms with Gasteiger partial charge in [-0.2, -0.15) is 0 Å². The van der Waals surface area contributed by atoms with Gasteiger partial charge in [-0.1, -0.05) is 35.3 Å². The number of amides is 4. The molecule has 170 valence electrons. The predicted molar refractivity (Wildman–Crippen MR) is 119 cm³/mol. The van der Waals surface area contributed by atoms with E-state index in [-0.39, 0.29) is 27.7 Å². The standard InChI is InChI=1S/C22H17Cl2N3O6/c1-10(27-20(30)12-7-14(23)15(24)8-13(12)21(27)31)22(32)33-11(2)19(29)26-9-18(28)25-16-5-3-4-6-17(16)26/h3-8,10-11H,9H2,1-2H3,(H,25,28)/t10-,11+/m0/s1. The summed E-state index contributed by atoms with van der Waals surface area (Å²) in [5.74, 6) is -3.43. The molecule has 0 saturated heterocycles. The van der Waals surface area contributed by atoms with Gasteiger partial charge >= 0.3 is 5.97 Å². The highest BCUT2D eigenvalue weighted by molar-refractivity contribution is 6.43. The Labute approximate surface area is 198 Å². The molecule has 0 aromatic heterocycles. The molecule has 0 unspecified atom stereocenters. The first-order valence-electron chi connectivity index (χ1n) is 9.87. The summed E-state index contributed by atoms with van der Waals surface area (Å²) in [6, 6.07) is 7.93. The molecule has 0 radical (unpaired) electrons. The van der Waals surface area contributed by atoms with E-state index in [0.29, 0.717) is 11.4 Å². The Bertz CT molecular complexity index is 1190. The van der Waals surface area contributed by atoms with Crippen LogP contribution in [0.5, 0.6) is 0 Å². The van der Waals surface area contributed by atoms with E-state index in [4.69, 9.17) is 27.9 Å². The molecule has 9 nitrogen and oxygen atoms in total. The molecule has 0 aliphatic carbocycles. The van der Waals surface area contributed by atoms with Crippen molar-refractivity contribution in [1.82, 2.24) is 4.90 Å². The van der Waals surface area contributed by atoms with Gasteiger partial charge in [0.25, 0.3) is 17.7 Å². The van der Waals surface area contributed by atoms with Gasteiger partial charge in [0.05, 0.1) is 32.5 Å². The summed E-state index contributed by atoms with van der Waals surface area (Å²) >= 11 is 11.9. The number of ether oxygens (including phenoxy) is 1. The van der Waals surface area contributed by atoms with Crippen LogP contribution in [0.2, 0.25) is 10.0 Å². The van der Waals surface area contributed by atoms with Crippen molar-refractivity contribution in [2.24, 2.45) is 0 Å².